The molecule has 1 atom stereocenters. The van der Waals surface area contributed by atoms with Crippen LogP contribution >= 0.6 is 0 Å². The molecule has 7 nitrogen and oxygen atoms in total. The van der Waals surface area contributed by atoms with Gasteiger partial charge in [0.25, 0.3) is 0 Å². The lowest BCUT2D eigenvalue weighted by atomic mass is 10.3. The summed E-state index contributed by atoms with van der Waals surface area (Å²) in [6.07, 6.45) is 5.26. The van der Waals surface area contributed by atoms with Crippen LogP contribution in [0.5, 0.6) is 0 Å². The van der Waals surface area contributed by atoms with E-state index in [1.165, 1.54) is 0 Å². The van der Waals surface area contributed by atoms with Crippen molar-refractivity contribution in [3.8, 4) is 0 Å². The Morgan fingerprint density at radius 3 is 2.83 bits per heavy atom. The first kappa shape index (κ1) is 14.2. The van der Waals surface area contributed by atoms with E-state index in [-0.39, 0.29) is 5.91 Å². The second-order valence-corrected chi connectivity index (χ2v) is 3.83. The van der Waals surface area contributed by atoms with Gasteiger partial charge in [0.1, 0.15) is 0 Å². The van der Waals surface area contributed by atoms with Gasteiger partial charge in [-0.25, -0.2) is 9.78 Å². The third kappa shape index (κ3) is 4.96. The Balaban J connectivity index is 2.21. The van der Waals surface area contributed by atoms with Crippen LogP contribution < -0.4 is 16.0 Å². The Morgan fingerprint density at radius 2 is 2.22 bits per heavy atom. The minimum atomic E-state index is -0.467. The highest BCUT2D eigenvalue weighted by atomic mass is 16.2. The molecular formula is C11H19N5O2. The summed E-state index contributed by atoms with van der Waals surface area (Å²) >= 11 is 0. The van der Waals surface area contributed by atoms with Crippen molar-refractivity contribution in [3.05, 3.63) is 18.7 Å². The van der Waals surface area contributed by atoms with Gasteiger partial charge in [-0.3, -0.25) is 10.1 Å². The highest BCUT2D eigenvalue weighted by Gasteiger charge is 2.14. The summed E-state index contributed by atoms with van der Waals surface area (Å²) < 4.78 is 1.90. The van der Waals surface area contributed by atoms with E-state index in [2.05, 4.69) is 20.9 Å². The SMILES string of the molecule is CCNC(=O)NC(=O)C(C)NCCn1ccnc1. The van der Waals surface area contributed by atoms with E-state index in [4.69, 9.17) is 0 Å². The van der Waals surface area contributed by atoms with Gasteiger partial charge < -0.3 is 15.2 Å². The molecule has 0 saturated carbocycles. The monoisotopic (exact) mass is 253 g/mol. The van der Waals surface area contributed by atoms with E-state index < -0.39 is 12.1 Å². The smallest absolute Gasteiger partial charge is 0.321 e. The Kier molecular flexibility index (Phi) is 5.86. The van der Waals surface area contributed by atoms with Crippen molar-refractivity contribution < 1.29 is 9.59 Å². The van der Waals surface area contributed by atoms with Crippen molar-refractivity contribution in [1.82, 2.24) is 25.5 Å². The molecule has 0 spiro atoms. The second kappa shape index (κ2) is 7.44. The first-order valence-electron chi connectivity index (χ1n) is 5.91. The minimum absolute atomic E-state index is 0.341. The molecule has 1 rings (SSSR count). The van der Waals surface area contributed by atoms with Crippen LogP contribution in [0.2, 0.25) is 0 Å². The lowest BCUT2D eigenvalue weighted by molar-refractivity contribution is -0.121. The van der Waals surface area contributed by atoms with Crippen molar-refractivity contribution in [3.63, 3.8) is 0 Å². The molecule has 0 saturated heterocycles. The number of rotatable bonds is 6. The molecule has 3 amide bonds. The molecule has 1 aromatic heterocycles. The molecule has 18 heavy (non-hydrogen) atoms. The number of urea groups is 1. The summed E-state index contributed by atoms with van der Waals surface area (Å²) in [4.78, 5) is 26.6. The Labute approximate surface area is 106 Å². The van der Waals surface area contributed by atoms with E-state index in [9.17, 15) is 9.59 Å². The minimum Gasteiger partial charge on any atom is -0.338 e. The van der Waals surface area contributed by atoms with Gasteiger partial charge in [-0.05, 0) is 13.8 Å². The fourth-order valence-corrected chi connectivity index (χ4v) is 1.35. The number of carbonyl (C=O) groups excluding carboxylic acids is 2. The van der Waals surface area contributed by atoms with Crippen molar-refractivity contribution in [1.29, 1.82) is 0 Å². The largest absolute Gasteiger partial charge is 0.338 e. The second-order valence-electron chi connectivity index (χ2n) is 3.83. The molecule has 1 heterocycles. The zero-order valence-electron chi connectivity index (χ0n) is 10.6. The molecule has 7 heteroatoms. The molecular weight excluding hydrogens is 234 g/mol. The number of nitrogens with zero attached hydrogens (tertiary/aromatic N) is 2. The third-order valence-corrected chi connectivity index (χ3v) is 2.35. The molecule has 0 aliphatic rings. The van der Waals surface area contributed by atoms with Gasteiger partial charge >= 0.3 is 6.03 Å². The predicted octanol–water partition coefficient (Wildman–Crippen LogP) is -0.293. The lowest BCUT2D eigenvalue weighted by Gasteiger charge is -2.13. The number of hydrogen-bond donors (Lipinski definition) is 3. The van der Waals surface area contributed by atoms with Gasteiger partial charge in [0.2, 0.25) is 5.91 Å². The lowest BCUT2D eigenvalue weighted by Crippen LogP contribution is -2.48. The van der Waals surface area contributed by atoms with Crippen molar-refractivity contribution in [2.24, 2.45) is 0 Å². The first-order valence-corrected chi connectivity index (χ1v) is 5.91. The highest BCUT2D eigenvalue weighted by Crippen LogP contribution is 1.86. The predicted molar refractivity (Wildman–Crippen MR) is 66.9 cm³/mol. The van der Waals surface area contributed by atoms with Crippen molar-refractivity contribution in [2.45, 2.75) is 26.4 Å². The van der Waals surface area contributed by atoms with E-state index in [0.29, 0.717) is 13.1 Å². The fraction of sp³-hybridized carbons (Fsp3) is 0.545. The maximum absolute atomic E-state index is 11.6. The number of carbonyl (C=O) groups is 2. The van der Waals surface area contributed by atoms with Crippen LogP contribution in [0.4, 0.5) is 4.79 Å². The average molecular weight is 253 g/mol. The maximum atomic E-state index is 11.6. The van der Waals surface area contributed by atoms with Gasteiger partial charge in [0.15, 0.2) is 0 Å². The van der Waals surface area contributed by atoms with E-state index in [1.807, 2.05) is 10.8 Å². The summed E-state index contributed by atoms with van der Waals surface area (Å²) in [6.45, 7) is 5.33. The molecule has 0 fully saturated rings. The fourth-order valence-electron chi connectivity index (χ4n) is 1.35. The topological polar surface area (TPSA) is 88.0 Å². The zero-order valence-corrected chi connectivity index (χ0v) is 10.6. The standard InChI is InChI=1S/C11H19N5O2/c1-3-13-11(18)15-10(17)9(2)14-5-7-16-6-4-12-8-16/h4,6,8-9,14H,3,5,7H2,1-2H3,(H2,13,15,17,18). The number of amides is 3. The van der Waals surface area contributed by atoms with Crippen LogP contribution in [0.25, 0.3) is 0 Å². The van der Waals surface area contributed by atoms with Gasteiger partial charge in [0.05, 0.1) is 12.4 Å². The molecule has 1 aromatic rings. The molecule has 0 radical (unpaired) electrons. The van der Waals surface area contributed by atoms with Crippen LogP contribution in [-0.4, -0.2) is 40.6 Å². The number of imidazole rings is 1. The Bertz CT molecular complexity index is 377. The van der Waals surface area contributed by atoms with Crippen LogP contribution in [0.3, 0.4) is 0 Å². The average Bonchev–Trinajstić information content (AvgIpc) is 2.82. The van der Waals surface area contributed by atoms with Crippen molar-refractivity contribution in [2.75, 3.05) is 13.1 Å². The van der Waals surface area contributed by atoms with E-state index in [0.717, 1.165) is 6.54 Å². The quantitative estimate of drug-likeness (QED) is 0.650. The van der Waals surface area contributed by atoms with Crippen LogP contribution in [0.15, 0.2) is 18.7 Å². The zero-order chi connectivity index (χ0) is 13.4. The van der Waals surface area contributed by atoms with E-state index >= 15 is 0 Å². The third-order valence-electron chi connectivity index (χ3n) is 2.35. The Morgan fingerprint density at radius 1 is 1.44 bits per heavy atom. The molecule has 1 unspecified atom stereocenters. The van der Waals surface area contributed by atoms with Gasteiger partial charge in [-0.1, -0.05) is 0 Å². The van der Waals surface area contributed by atoms with Crippen molar-refractivity contribution >= 4 is 11.9 Å². The summed E-state index contributed by atoms with van der Waals surface area (Å²) in [5, 5.41) is 7.78. The molecule has 0 aliphatic heterocycles. The molecule has 0 bridgehead atoms. The van der Waals surface area contributed by atoms with Crippen LogP contribution in [-0.2, 0) is 11.3 Å². The van der Waals surface area contributed by atoms with Gasteiger partial charge in [-0.2, -0.15) is 0 Å². The van der Waals surface area contributed by atoms with Crippen LogP contribution in [0.1, 0.15) is 13.8 Å². The Hall–Kier alpha value is -1.89. The maximum Gasteiger partial charge on any atom is 0.321 e. The number of hydrogen-bond acceptors (Lipinski definition) is 4. The van der Waals surface area contributed by atoms with E-state index in [1.54, 1.807) is 26.4 Å². The molecule has 3 N–H and O–H groups in total. The molecule has 0 aromatic carbocycles. The molecule has 100 valence electrons. The first-order chi connectivity index (χ1) is 8.63. The van der Waals surface area contributed by atoms with Gasteiger partial charge in [-0.15, -0.1) is 0 Å². The number of nitrogens with one attached hydrogen (secondary N) is 3. The molecule has 0 aliphatic carbocycles. The highest BCUT2D eigenvalue weighted by molar-refractivity contribution is 5.96. The normalized spacial score (nSPS) is 11.9. The number of imide groups is 1. The van der Waals surface area contributed by atoms with Gasteiger partial charge in [0, 0.05) is 32.0 Å². The number of aromatic nitrogens is 2. The summed E-state index contributed by atoms with van der Waals surface area (Å²) in [6, 6.07) is -0.887. The van der Waals surface area contributed by atoms with Crippen LogP contribution in [0, 0.1) is 0 Å². The summed E-state index contributed by atoms with van der Waals surface area (Å²) in [7, 11) is 0. The summed E-state index contributed by atoms with van der Waals surface area (Å²) in [5.74, 6) is -0.341. The summed E-state index contributed by atoms with van der Waals surface area (Å²) in [5.41, 5.74) is 0.